The molecule has 306 valence electrons. The summed E-state index contributed by atoms with van der Waals surface area (Å²) in [6.45, 7) is 5.36. The van der Waals surface area contributed by atoms with Crippen molar-refractivity contribution in [2.24, 2.45) is 0 Å². The predicted molar refractivity (Wildman–Crippen MR) is 199 cm³/mol. The summed E-state index contributed by atoms with van der Waals surface area (Å²) in [5, 5.41) is 18.0. The SMILES string of the molecule is CC1(CCCCS(=O)(=O)O)C(/C=C/C=C/C=C2/N(CCCCCC(=O)O)c3cc(F)cc(F)c3C2(C)C)=[N+](CCCCCC(=O)O)c2c(F)c(F)c(F)c(F)c21. The zero-order valence-electron chi connectivity index (χ0n) is 31.5. The fourth-order valence-electron chi connectivity index (χ4n) is 7.78. The number of nitrogens with zero attached hydrogens (tertiary/aromatic N) is 2. The fourth-order valence-corrected chi connectivity index (χ4v) is 8.34. The molecule has 0 spiro atoms. The average molecular weight is 814 g/mol. The predicted octanol–water partition coefficient (Wildman–Crippen LogP) is 9.02. The molecule has 0 saturated heterocycles. The lowest BCUT2D eigenvalue weighted by Gasteiger charge is -2.27. The van der Waals surface area contributed by atoms with Gasteiger partial charge in [-0.15, -0.1) is 0 Å². The number of aliphatic carboxylic acids is 2. The fraction of sp³-hybridized carbons (Fsp3) is 0.475. The van der Waals surface area contributed by atoms with Crippen LogP contribution >= 0.6 is 0 Å². The molecular formula is C40H47F6N2O7S+. The molecule has 0 amide bonds. The molecule has 0 radical (unpaired) electrons. The van der Waals surface area contributed by atoms with Crippen molar-refractivity contribution in [3.05, 3.63) is 94.2 Å². The number of fused-ring (bicyclic) bond motifs is 2. The Balaban J connectivity index is 1.75. The minimum atomic E-state index is -4.34. The van der Waals surface area contributed by atoms with Gasteiger partial charge in [0.1, 0.15) is 18.2 Å². The van der Waals surface area contributed by atoms with Crippen molar-refractivity contribution in [3.8, 4) is 0 Å². The van der Waals surface area contributed by atoms with E-state index in [1.165, 1.54) is 29.7 Å². The first-order chi connectivity index (χ1) is 26.2. The molecule has 2 aliphatic heterocycles. The van der Waals surface area contributed by atoms with Gasteiger partial charge in [0.15, 0.2) is 17.3 Å². The van der Waals surface area contributed by atoms with E-state index in [0.29, 0.717) is 43.6 Å². The molecule has 16 heteroatoms. The highest BCUT2D eigenvalue weighted by atomic mass is 32.2. The Morgan fingerprint density at radius 3 is 2.02 bits per heavy atom. The zero-order valence-corrected chi connectivity index (χ0v) is 32.3. The second-order valence-electron chi connectivity index (χ2n) is 14.9. The summed E-state index contributed by atoms with van der Waals surface area (Å²) in [5.74, 6) is -11.3. The standard InChI is InChI=1S/C40H46F6N2O7S/c1-39(2)28(47(20-12-5-9-17-30(49)50)27-24-25(41)23-26(42)32(27)39)15-7-4-8-16-29-40(3,19-11-14-22-56(53,54)55)33-34(43)35(44)36(45)37(46)38(33)48(29)21-13-6-10-18-31(51)52/h4,7-8,15-16,23-24H,5-6,9-14,17-22H2,1-3H3,(H2-,49,50,51,52,53,54,55)/p+1. The Bertz CT molecular complexity index is 2080. The van der Waals surface area contributed by atoms with E-state index >= 15 is 13.2 Å². The monoisotopic (exact) mass is 813 g/mol. The van der Waals surface area contributed by atoms with Crippen LogP contribution in [-0.2, 0) is 30.5 Å². The van der Waals surface area contributed by atoms with E-state index in [9.17, 15) is 35.7 Å². The minimum Gasteiger partial charge on any atom is -0.481 e. The van der Waals surface area contributed by atoms with Crippen LogP contribution in [-0.4, -0.2) is 64.3 Å². The highest BCUT2D eigenvalue weighted by Crippen LogP contribution is 2.50. The van der Waals surface area contributed by atoms with Gasteiger partial charge in [0, 0.05) is 54.6 Å². The number of anilines is 1. The molecule has 0 aliphatic carbocycles. The maximum atomic E-state index is 15.7. The van der Waals surface area contributed by atoms with Crippen LogP contribution in [0.3, 0.4) is 0 Å². The maximum Gasteiger partial charge on any atom is 0.303 e. The van der Waals surface area contributed by atoms with Crippen LogP contribution in [0.15, 0.2) is 48.2 Å². The molecule has 0 aromatic heterocycles. The van der Waals surface area contributed by atoms with E-state index in [-0.39, 0.29) is 62.8 Å². The van der Waals surface area contributed by atoms with Gasteiger partial charge in [0.05, 0.1) is 22.4 Å². The van der Waals surface area contributed by atoms with Gasteiger partial charge in [-0.1, -0.05) is 44.9 Å². The largest absolute Gasteiger partial charge is 0.481 e. The lowest BCUT2D eigenvalue weighted by molar-refractivity contribution is -0.441. The van der Waals surface area contributed by atoms with Gasteiger partial charge >= 0.3 is 11.9 Å². The highest BCUT2D eigenvalue weighted by molar-refractivity contribution is 7.85. The molecule has 2 aromatic carbocycles. The van der Waals surface area contributed by atoms with E-state index in [1.807, 2.05) is 0 Å². The topological polar surface area (TPSA) is 135 Å². The van der Waals surface area contributed by atoms with Crippen molar-refractivity contribution >= 4 is 39.1 Å². The normalized spacial score (nSPS) is 18.5. The van der Waals surface area contributed by atoms with Gasteiger partial charge in [0.25, 0.3) is 15.8 Å². The Morgan fingerprint density at radius 2 is 1.39 bits per heavy atom. The Kier molecular flexibility index (Phi) is 14.4. The van der Waals surface area contributed by atoms with E-state index in [2.05, 4.69) is 0 Å². The summed E-state index contributed by atoms with van der Waals surface area (Å²) in [5.41, 5.74) is -1.97. The van der Waals surface area contributed by atoms with Crippen LogP contribution in [0, 0.1) is 34.9 Å². The number of unbranched alkanes of at least 4 members (excludes halogenated alkanes) is 5. The number of allylic oxidation sites excluding steroid dienone is 6. The molecule has 1 atom stereocenters. The molecule has 0 fully saturated rings. The van der Waals surface area contributed by atoms with Gasteiger partial charge < -0.3 is 15.1 Å². The second kappa shape index (κ2) is 18.2. The van der Waals surface area contributed by atoms with Crippen LogP contribution in [0.4, 0.5) is 37.7 Å². The number of benzene rings is 2. The molecule has 2 aliphatic rings. The Morgan fingerprint density at radius 1 is 0.768 bits per heavy atom. The number of carboxylic acids is 2. The lowest BCUT2D eigenvalue weighted by Crippen LogP contribution is -2.32. The number of hydrogen-bond donors (Lipinski definition) is 3. The third kappa shape index (κ3) is 9.92. The summed E-state index contributed by atoms with van der Waals surface area (Å²) in [4.78, 5) is 23.8. The van der Waals surface area contributed by atoms with Crippen molar-refractivity contribution in [1.29, 1.82) is 0 Å². The summed E-state index contributed by atoms with van der Waals surface area (Å²) in [6, 6.07) is 2.05. The van der Waals surface area contributed by atoms with Crippen LogP contribution in [0.25, 0.3) is 0 Å². The Labute approximate surface area is 322 Å². The summed E-state index contributed by atoms with van der Waals surface area (Å²) in [7, 11) is -4.34. The molecule has 4 rings (SSSR count). The molecule has 3 N–H and O–H groups in total. The molecule has 1 unspecified atom stereocenters. The van der Waals surface area contributed by atoms with Crippen LogP contribution in [0.2, 0.25) is 0 Å². The number of carboxylic acid groups (broad SMARTS) is 2. The number of hydrogen-bond acceptors (Lipinski definition) is 5. The van der Waals surface area contributed by atoms with Gasteiger partial charge in [-0.2, -0.15) is 17.4 Å². The molecular weight excluding hydrogens is 767 g/mol. The first kappa shape index (κ1) is 44.3. The first-order valence-corrected chi connectivity index (χ1v) is 20.1. The van der Waals surface area contributed by atoms with Crippen molar-refractivity contribution in [3.63, 3.8) is 0 Å². The van der Waals surface area contributed by atoms with E-state index in [1.54, 1.807) is 37.0 Å². The lowest BCUT2D eigenvalue weighted by atomic mass is 9.75. The number of halogens is 6. The number of carbonyl (C=O) groups is 2. The smallest absolute Gasteiger partial charge is 0.303 e. The van der Waals surface area contributed by atoms with Crippen LogP contribution in [0.5, 0.6) is 0 Å². The Hall–Kier alpha value is -4.44. The summed E-state index contributed by atoms with van der Waals surface area (Å²) in [6.07, 6.45) is 10.1. The van der Waals surface area contributed by atoms with E-state index in [4.69, 9.17) is 10.2 Å². The van der Waals surface area contributed by atoms with Crippen LogP contribution in [0.1, 0.15) is 103 Å². The third-order valence-corrected chi connectivity index (χ3v) is 11.2. The molecule has 0 bridgehead atoms. The first-order valence-electron chi connectivity index (χ1n) is 18.4. The maximum absolute atomic E-state index is 15.7. The summed E-state index contributed by atoms with van der Waals surface area (Å²) < 4.78 is 124. The quantitative estimate of drug-likeness (QED) is 0.0229. The van der Waals surface area contributed by atoms with E-state index < -0.39 is 84.8 Å². The van der Waals surface area contributed by atoms with Gasteiger partial charge in [-0.25, -0.2) is 22.0 Å². The third-order valence-electron chi connectivity index (χ3n) is 10.4. The van der Waals surface area contributed by atoms with Crippen molar-refractivity contribution < 1.29 is 63.7 Å². The molecule has 0 saturated carbocycles. The highest BCUT2D eigenvalue weighted by Gasteiger charge is 2.53. The number of rotatable bonds is 20. The van der Waals surface area contributed by atoms with Crippen molar-refractivity contribution in [2.75, 3.05) is 23.7 Å². The molecule has 2 heterocycles. The van der Waals surface area contributed by atoms with Gasteiger partial charge in [-0.05, 0) is 57.6 Å². The second-order valence-corrected chi connectivity index (χ2v) is 16.4. The van der Waals surface area contributed by atoms with Crippen molar-refractivity contribution in [2.45, 2.75) is 102 Å². The molecule has 9 nitrogen and oxygen atoms in total. The minimum absolute atomic E-state index is 0.0118. The molecule has 56 heavy (non-hydrogen) atoms. The van der Waals surface area contributed by atoms with E-state index in [0.717, 1.165) is 6.07 Å². The van der Waals surface area contributed by atoms with Gasteiger partial charge in [0.2, 0.25) is 11.6 Å². The summed E-state index contributed by atoms with van der Waals surface area (Å²) >= 11 is 0. The van der Waals surface area contributed by atoms with Crippen LogP contribution < -0.4 is 4.90 Å². The van der Waals surface area contributed by atoms with Crippen molar-refractivity contribution in [1.82, 2.24) is 0 Å². The zero-order chi connectivity index (χ0) is 41.6. The average Bonchev–Trinajstić information content (AvgIpc) is 3.46. The molecule has 2 aromatic rings. The van der Waals surface area contributed by atoms with Gasteiger partial charge in [-0.3, -0.25) is 14.1 Å².